The van der Waals surface area contributed by atoms with Crippen LogP contribution in [-0.2, 0) is 32.7 Å². The molecule has 2 aromatic heterocycles. The van der Waals surface area contributed by atoms with Gasteiger partial charge in [-0.1, -0.05) is 42.5 Å². The lowest BCUT2D eigenvalue weighted by Crippen LogP contribution is -2.40. The molecule has 1 aliphatic rings. The molecule has 0 spiro atoms. The molecule has 3 heterocycles. The van der Waals surface area contributed by atoms with E-state index in [2.05, 4.69) is 4.98 Å². The third-order valence-corrected chi connectivity index (χ3v) is 6.42. The summed E-state index contributed by atoms with van der Waals surface area (Å²) in [6.07, 6.45) is 3.18. The molecule has 2 amide bonds. The van der Waals surface area contributed by atoms with Gasteiger partial charge in [-0.25, -0.2) is 4.79 Å². The number of fused-ring (bicyclic) bond motifs is 1. The van der Waals surface area contributed by atoms with Crippen LogP contribution in [0.2, 0.25) is 0 Å². The van der Waals surface area contributed by atoms with Gasteiger partial charge in [0.1, 0.15) is 0 Å². The fourth-order valence-electron chi connectivity index (χ4n) is 4.70. The van der Waals surface area contributed by atoms with Crippen LogP contribution in [0.5, 0.6) is 0 Å². The zero-order valence-corrected chi connectivity index (χ0v) is 18.7. The van der Waals surface area contributed by atoms with Gasteiger partial charge in [0, 0.05) is 36.3 Å². The standard InChI is InChI=1S/C27H23N3O4/c1-34-26(33)29-14-12-20-15-21(10-11-23(20)29)27(16-22-9-5-6-13-28-22)17-24(31)30(25(27)32)18-19-7-3-2-4-8-19/h2-15H,16-18H2,1H3. The first kappa shape index (κ1) is 21.6. The molecule has 0 bridgehead atoms. The first-order valence-corrected chi connectivity index (χ1v) is 11.0. The van der Waals surface area contributed by atoms with E-state index >= 15 is 0 Å². The number of hydrogen-bond acceptors (Lipinski definition) is 5. The van der Waals surface area contributed by atoms with Gasteiger partial charge in [0.2, 0.25) is 11.8 Å². The first-order valence-electron chi connectivity index (χ1n) is 11.0. The van der Waals surface area contributed by atoms with Crippen LogP contribution in [-0.4, -0.2) is 39.5 Å². The second-order valence-corrected chi connectivity index (χ2v) is 8.46. The molecule has 5 rings (SSSR count). The van der Waals surface area contributed by atoms with Crippen molar-refractivity contribution < 1.29 is 19.1 Å². The van der Waals surface area contributed by atoms with Crippen LogP contribution >= 0.6 is 0 Å². The van der Waals surface area contributed by atoms with Crippen molar-refractivity contribution in [2.24, 2.45) is 0 Å². The number of methoxy groups -OCH3 is 1. The predicted molar refractivity (Wildman–Crippen MR) is 126 cm³/mol. The summed E-state index contributed by atoms with van der Waals surface area (Å²) >= 11 is 0. The SMILES string of the molecule is COC(=O)n1ccc2cc(C3(Cc4ccccn4)CC(=O)N(Cc4ccccc4)C3=O)ccc21. The molecule has 170 valence electrons. The van der Waals surface area contributed by atoms with Crippen molar-refractivity contribution in [2.45, 2.75) is 24.8 Å². The number of nitrogens with zero attached hydrogens (tertiary/aromatic N) is 3. The summed E-state index contributed by atoms with van der Waals surface area (Å²) in [5.41, 5.74) is 1.94. The second kappa shape index (κ2) is 8.59. The third kappa shape index (κ3) is 3.65. The Labute approximate surface area is 196 Å². The maximum Gasteiger partial charge on any atom is 0.418 e. The van der Waals surface area contributed by atoms with Gasteiger partial charge in [-0.3, -0.25) is 24.0 Å². The van der Waals surface area contributed by atoms with Gasteiger partial charge in [0.05, 0.1) is 24.6 Å². The van der Waals surface area contributed by atoms with E-state index in [9.17, 15) is 14.4 Å². The number of hydrogen-bond donors (Lipinski definition) is 0. The zero-order chi connectivity index (χ0) is 23.7. The highest BCUT2D eigenvalue weighted by Gasteiger charge is 2.52. The van der Waals surface area contributed by atoms with Crippen LogP contribution in [0.4, 0.5) is 4.79 Å². The summed E-state index contributed by atoms with van der Waals surface area (Å²) in [4.78, 5) is 45.0. The van der Waals surface area contributed by atoms with Crippen LogP contribution in [0.1, 0.15) is 23.2 Å². The van der Waals surface area contributed by atoms with Gasteiger partial charge in [-0.2, -0.15) is 0 Å². The molecule has 1 aliphatic heterocycles. The van der Waals surface area contributed by atoms with E-state index in [0.29, 0.717) is 11.9 Å². The summed E-state index contributed by atoms with van der Waals surface area (Å²) in [6, 6.07) is 22.3. The average molecular weight is 453 g/mol. The average Bonchev–Trinajstić information content (AvgIpc) is 3.39. The van der Waals surface area contributed by atoms with E-state index < -0.39 is 11.5 Å². The number of carbonyl (C=O) groups excluding carboxylic acids is 3. The molecule has 1 atom stereocenters. The molecule has 2 aromatic carbocycles. The number of benzene rings is 2. The van der Waals surface area contributed by atoms with Crippen LogP contribution in [0.25, 0.3) is 10.9 Å². The van der Waals surface area contributed by atoms with E-state index in [1.807, 2.05) is 60.7 Å². The molecule has 4 aromatic rings. The quantitative estimate of drug-likeness (QED) is 0.425. The number of likely N-dealkylation sites (tertiary alicyclic amines) is 1. The highest BCUT2D eigenvalue weighted by atomic mass is 16.5. The molecule has 7 nitrogen and oxygen atoms in total. The molecular formula is C27H23N3O4. The predicted octanol–water partition coefficient (Wildman–Crippen LogP) is 4.09. The van der Waals surface area contributed by atoms with Gasteiger partial charge < -0.3 is 4.74 Å². The molecule has 0 radical (unpaired) electrons. The lowest BCUT2D eigenvalue weighted by molar-refractivity contribution is -0.140. The number of imide groups is 1. The molecular weight excluding hydrogens is 430 g/mol. The third-order valence-electron chi connectivity index (χ3n) is 6.42. The van der Waals surface area contributed by atoms with Crippen LogP contribution < -0.4 is 0 Å². The number of carbonyl (C=O) groups is 3. The van der Waals surface area contributed by atoms with Crippen molar-refractivity contribution in [3.63, 3.8) is 0 Å². The molecule has 1 fully saturated rings. The van der Waals surface area contributed by atoms with E-state index in [1.165, 1.54) is 16.6 Å². The summed E-state index contributed by atoms with van der Waals surface area (Å²) in [6.45, 7) is 0.226. The van der Waals surface area contributed by atoms with Crippen molar-refractivity contribution >= 4 is 28.8 Å². The molecule has 1 saturated heterocycles. The van der Waals surface area contributed by atoms with Crippen LogP contribution in [0.3, 0.4) is 0 Å². The minimum absolute atomic E-state index is 0.0540. The smallest absolute Gasteiger partial charge is 0.418 e. The monoisotopic (exact) mass is 453 g/mol. The Morgan fingerprint density at radius 1 is 1.03 bits per heavy atom. The number of aromatic nitrogens is 2. The molecule has 0 saturated carbocycles. The van der Waals surface area contributed by atoms with Crippen molar-refractivity contribution in [1.82, 2.24) is 14.5 Å². The lowest BCUT2D eigenvalue weighted by atomic mass is 9.74. The van der Waals surface area contributed by atoms with Gasteiger partial charge >= 0.3 is 6.09 Å². The van der Waals surface area contributed by atoms with Crippen molar-refractivity contribution in [2.75, 3.05) is 7.11 Å². The Morgan fingerprint density at radius 2 is 1.82 bits per heavy atom. The molecule has 0 aliphatic carbocycles. The van der Waals surface area contributed by atoms with E-state index in [4.69, 9.17) is 4.74 Å². The number of rotatable bonds is 5. The Balaban J connectivity index is 1.59. The molecule has 7 heteroatoms. The van der Waals surface area contributed by atoms with E-state index in [0.717, 1.165) is 22.2 Å². The zero-order valence-electron chi connectivity index (χ0n) is 18.7. The van der Waals surface area contributed by atoms with Gasteiger partial charge in [-0.05, 0) is 41.5 Å². The Kier molecular flexibility index (Phi) is 5.45. The van der Waals surface area contributed by atoms with Crippen LogP contribution in [0.15, 0.2) is 85.2 Å². The van der Waals surface area contributed by atoms with Gasteiger partial charge in [0.15, 0.2) is 0 Å². The molecule has 1 unspecified atom stereocenters. The normalized spacial score (nSPS) is 18.0. The van der Waals surface area contributed by atoms with Crippen LogP contribution in [0, 0.1) is 0 Å². The van der Waals surface area contributed by atoms with Gasteiger partial charge in [0.25, 0.3) is 0 Å². The minimum Gasteiger partial charge on any atom is -0.452 e. The number of pyridine rings is 1. The summed E-state index contributed by atoms with van der Waals surface area (Å²) in [5.74, 6) is -0.448. The van der Waals surface area contributed by atoms with Gasteiger partial charge in [-0.15, -0.1) is 0 Å². The fraction of sp³-hybridized carbons (Fsp3) is 0.185. The second-order valence-electron chi connectivity index (χ2n) is 8.46. The van der Waals surface area contributed by atoms with E-state index in [-0.39, 0.29) is 24.8 Å². The largest absolute Gasteiger partial charge is 0.452 e. The highest BCUT2D eigenvalue weighted by molar-refractivity contribution is 6.09. The molecule has 34 heavy (non-hydrogen) atoms. The highest BCUT2D eigenvalue weighted by Crippen LogP contribution is 2.41. The Morgan fingerprint density at radius 3 is 2.56 bits per heavy atom. The maximum absolute atomic E-state index is 13.9. The number of amides is 2. The maximum atomic E-state index is 13.9. The van der Waals surface area contributed by atoms with Crippen molar-refractivity contribution in [3.8, 4) is 0 Å². The Hall–Kier alpha value is -4.26. The topological polar surface area (TPSA) is 81.5 Å². The van der Waals surface area contributed by atoms with Crippen molar-refractivity contribution in [3.05, 3.63) is 102 Å². The molecule has 0 N–H and O–H groups in total. The van der Waals surface area contributed by atoms with Crippen molar-refractivity contribution in [1.29, 1.82) is 0 Å². The summed E-state index contributed by atoms with van der Waals surface area (Å²) in [7, 11) is 1.33. The number of ether oxygens (including phenoxy) is 1. The Bertz CT molecular complexity index is 1380. The summed E-state index contributed by atoms with van der Waals surface area (Å²) in [5, 5.41) is 0.782. The van der Waals surface area contributed by atoms with E-state index in [1.54, 1.807) is 24.5 Å². The fourth-order valence-corrected chi connectivity index (χ4v) is 4.70. The summed E-state index contributed by atoms with van der Waals surface area (Å²) < 4.78 is 6.25. The first-order chi connectivity index (χ1) is 16.5. The minimum atomic E-state index is -1.08. The lowest BCUT2D eigenvalue weighted by Gasteiger charge is -2.27.